The lowest BCUT2D eigenvalue weighted by Gasteiger charge is -2.26. The molecule has 1 fully saturated rings. The average Bonchev–Trinajstić information content (AvgIpc) is 3.12. The maximum absolute atomic E-state index is 12.6. The van der Waals surface area contributed by atoms with Crippen molar-refractivity contribution in [2.45, 2.75) is 37.8 Å². The highest BCUT2D eigenvalue weighted by Gasteiger charge is 2.22. The topological polar surface area (TPSA) is 78.4 Å². The maximum Gasteiger partial charge on any atom is 0.256 e. The fourth-order valence-electron chi connectivity index (χ4n) is 2.86. The molecule has 24 heavy (non-hydrogen) atoms. The number of carbonyl (C=O) groups is 2. The molecule has 0 radical (unpaired) electrons. The second-order valence-electron chi connectivity index (χ2n) is 5.99. The van der Waals surface area contributed by atoms with Gasteiger partial charge < -0.3 is 15.7 Å². The average molecular weight is 344 g/mol. The molecule has 2 amide bonds. The third-order valence-electron chi connectivity index (χ3n) is 4.24. The summed E-state index contributed by atoms with van der Waals surface area (Å²) in [6.07, 6.45) is 2.71. The Morgan fingerprint density at radius 2 is 1.79 bits per heavy atom. The maximum atomic E-state index is 12.6. The summed E-state index contributed by atoms with van der Waals surface area (Å²) < 4.78 is 0. The summed E-state index contributed by atoms with van der Waals surface area (Å²) in [5, 5.41) is 19.0. The summed E-state index contributed by atoms with van der Waals surface area (Å²) in [7, 11) is 0. The second kappa shape index (κ2) is 7.59. The number of aliphatic hydroxyl groups is 1. The minimum Gasteiger partial charge on any atom is -0.393 e. The SMILES string of the molecule is O=C(Nc1ccccc1C(=O)NC1CCC(O)CC1)c1ccsc1. The van der Waals surface area contributed by atoms with Gasteiger partial charge in [0.25, 0.3) is 11.8 Å². The van der Waals surface area contributed by atoms with E-state index < -0.39 is 0 Å². The Bertz CT molecular complexity index is 707. The molecule has 126 valence electrons. The molecule has 0 aliphatic heterocycles. The normalized spacial score (nSPS) is 20.4. The van der Waals surface area contributed by atoms with Crippen molar-refractivity contribution in [1.82, 2.24) is 5.32 Å². The Hall–Kier alpha value is -2.18. The Labute approximate surface area is 144 Å². The van der Waals surface area contributed by atoms with E-state index in [0.29, 0.717) is 29.7 Å². The third kappa shape index (κ3) is 4.01. The van der Waals surface area contributed by atoms with Gasteiger partial charge in [-0.3, -0.25) is 9.59 Å². The van der Waals surface area contributed by atoms with Gasteiger partial charge in [0.05, 0.1) is 22.9 Å². The van der Waals surface area contributed by atoms with Crippen LogP contribution in [0.2, 0.25) is 0 Å². The van der Waals surface area contributed by atoms with Gasteiger partial charge in [-0.1, -0.05) is 12.1 Å². The first-order valence-electron chi connectivity index (χ1n) is 8.05. The lowest BCUT2D eigenvalue weighted by Crippen LogP contribution is -2.38. The molecule has 0 bridgehead atoms. The van der Waals surface area contributed by atoms with E-state index in [-0.39, 0.29) is 24.0 Å². The van der Waals surface area contributed by atoms with Crippen molar-refractivity contribution >= 4 is 28.8 Å². The van der Waals surface area contributed by atoms with Crippen LogP contribution in [0.1, 0.15) is 46.4 Å². The van der Waals surface area contributed by atoms with Crippen LogP contribution < -0.4 is 10.6 Å². The van der Waals surface area contributed by atoms with Crippen LogP contribution in [0.15, 0.2) is 41.1 Å². The molecule has 3 N–H and O–H groups in total. The minimum atomic E-state index is -0.254. The number of amides is 2. The number of anilines is 1. The van der Waals surface area contributed by atoms with Crippen molar-refractivity contribution < 1.29 is 14.7 Å². The number of hydrogen-bond acceptors (Lipinski definition) is 4. The summed E-state index contributed by atoms with van der Waals surface area (Å²) in [5.41, 5.74) is 1.53. The largest absolute Gasteiger partial charge is 0.393 e. The predicted octanol–water partition coefficient (Wildman–Crippen LogP) is 3.03. The molecule has 0 saturated heterocycles. The van der Waals surface area contributed by atoms with Gasteiger partial charge in [0, 0.05) is 11.4 Å². The van der Waals surface area contributed by atoms with Crippen LogP contribution in [-0.2, 0) is 0 Å². The van der Waals surface area contributed by atoms with E-state index in [4.69, 9.17) is 0 Å². The molecular formula is C18H20N2O3S. The molecule has 0 atom stereocenters. The Kier molecular flexibility index (Phi) is 5.27. The molecule has 2 aromatic rings. The fraction of sp³-hybridized carbons (Fsp3) is 0.333. The van der Waals surface area contributed by atoms with Gasteiger partial charge in [-0.05, 0) is 49.3 Å². The van der Waals surface area contributed by atoms with E-state index in [1.165, 1.54) is 11.3 Å². The standard InChI is InChI=1S/C18H20N2O3S/c21-14-7-5-13(6-8-14)19-18(23)15-3-1-2-4-16(15)20-17(22)12-9-10-24-11-12/h1-4,9-11,13-14,21H,5-8H2,(H,19,23)(H,20,22). The molecule has 1 aliphatic rings. The molecule has 0 unspecified atom stereocenters. The summed E-state index contributed by atoms with van der Waals surface area (Å²) in [5.74, 6) is -0.421. The second-order valence-corrected chi connectivity index (χ2v) is 6.77. The van der Waals surface area contributed by atoms with E-state index in [2.05, 4.69) is 10.6 Å². The summed E-state index contributed by atoms with van der Waals surface area (Å²) >= 11 is 1.45. The van der Waals surface area contributed by atoms with Crippen molar-refractivity contribution in [1.29, 1.82) is 0 Å². The van der Waals surface area contributed by atoms with Crippen LogP contribution in [0.5, 0.6) is 0 Å². The first-order valence-corrected chi connectivity index (χ1v) is 8.99. The Balaban J connectivity index is 1.69. The number of nitrogens with one attached hydrogen (secondary N) is 2. The van der Waals surface area contributed by atoms with Gasteiger partial charge in [0.1, 0.15) is 0 Å². The number of rotatable bonds is 4. The molecule has 1 heterocycles. The highest BCUT2D eigenvalue weighted by molar-refractivity contribution is 7.08. The highest BCUT2D eigenvalue weighted by Crippen LogP contribution is 2.21. The molecule has 1 saturated carbocycles. The number of hydrogen-bond donors (Lipinski definition) is 3. The van der Waals surface area contributed by atoms with Crippen LogP contribution in [0.25, 0.3) is 0 Å². The Morgan fingerprint density at radius 3 is 2.50 bits per heavy atom. The quantitative estimate of drug-likeness (QED) is 0.798. The molecule has 5 nitrogen and oxygen atoms in total. The van der Waals surface area contributed by atoms with Crippen LogP contribution in [0.3, 0.4) is 0 Å². The lowest BCUT2D eigenvalue weighted by atomic mass is 9.93. The molecule has 1 aromatic heterocycles. The van der Waals surface area contributed by atoms with Crippen molar-refractivity contribution in [3.8, 4) is 0 Å². The number of para-hydroxylation sites is 1. The molecule has 1 aromatic carbocycles. The highest BCUT2D eigenvalue weighted by atomic mass is 32.1. The van der Waals surface area contributed by atoms with Gasteiger partial charge in [-0.15, -0.1) is 0 Å². The monoisotopic (exact) mass is 344 g/mol. The smallest absolute Gasteiger partial charge is 0.256 e. The molecule has 6 heteroatoms. The van der Waals surface area contributed by atoms with Gasteiger partial charge >= 0.3 is 0 Å². The number of carbonyl (C=O) groups excluding carboxylic acids is 2. The first kappa shape index (κ1) is 16.7. The zero-order valence-corrected chi connectivity index (χ0v) is 14.0. The number of thiophene rings is 1. The number of benzene rings is 1. The molecule has 0 spiro atoms. The van der Waals surface area contributed by atoms with Crippen molar-refractivity contribution in [2.24, 2.45) is 0 Å². The lowest BCUT2D eigenvalue weighted by molar-refractivity contribution is 0.0868. The molecule has 3 rings (SSSR count). The zero-order chi connectivity index (χ0) is 16.9. The van der Waals surface area contributed by atoms with Crippen LogP contribution in [0, 0.1) is 0 Å². The van der Waals surface area contributed by atoms with E-state index in [0.717, 1.165) is 12.8 Å². The van der Waals surface area contributed by atoms with Crippen LogP contribution in [-0.4, -0.2) is 29.1 Å². The zero-order valence-electron chi connectivity index (χ0n) is 13.2. The predicted molar refractivity (Wildman–Crippen MR) is 94.4 cm³/mol. The Morgan fingerprint density at radius 1 is 1.04 bits per heavy atom. The number of aliphatic hydroxyl groups excluding tert-OH is 1. The van der Waals surface area contributed by atoms with E-state index in [1.807, 2.05) is 5.38 Å². The van der Waals surface area contributed by atoms with Gasteiger partial charge in [0.15, 0.2) is 0 Å². The van der Waals surface area contributed by atoms with Crippen LogP contribution >= 0.6 is 11.3 Å². The van der Waals surface area contributed by atoms with Crippen molar-refractivity contribution in [2.75, 3.05) is 5.32 Å². The van der Waals surface area contributed by atoms with Crippen LogP contribution in [0.4, 0.5) is 5.69 Å². The van der Waals surface area contributed by atoms with E-state index in [1.54, 1.807) is 35.7 Å². The third-order valence-corrected chi connectivity index (χ3v) is 4.92. The van der Waals surface area contributed by atoms with Crippen molar-refractivity contribution in [3.63, 3.8) is 0 Å². The van der Waals surface area contributed by atoms with Gasteiger partial charge in [-0.2, -0.15) is 11.3 Å². The molecule has 1 aliphatic carbocycles. The first-order chi connectivity index (χ1) is 11.6. The minimum absolute atomic E-state index is 0.0709. The van der Waals surface area contributed by atoms with Gasteiger partial charge in [0.2, 0.25) is 0 Å². The van der Waals surface area contributed by atoms with Gasteiger partial charge in [-0.25, -0.2) is 0 Å². The van der Waals surface area contributed by atoms with E-state index >= 15 is 0 Å². The van der Waals surface area contributed by atoms with E-state index in [9.17, 15) is 14.7 Å². The van der Waals surface area contributed by atoms with Crippen molar-refractivity contribution in [3.05, 3.63) is 52.2 Å². The molecular weight excluding hydrogens is 324 g/mol. The fourth-order valence-corrected chi connectivity index (χ4v) is 3.50. The summed E-state index contributed by atoms with van der Waals surface area (Å²) in [6, 6.07) is 8.81. The summed E-state index contributed by atoms with van der Waals surface area (Å²) in [4.78, 5) is 24.8. The summed E-state index contributed by atoms with van der Waals surface area (Å²) in [6.45, 7) is 0.